The Morgan fingerprint density at radius 3 is 2.15 bits per heavy atom. The molecule has 0 radical (unpaired) electrons. The molecule has 2 aromatic carbocycles. The zero-order valence-electron chi connectivity index (χ0n) is 19.3. The van der Waals surface area contributed by atoms with Gasteiger partial charge in [-0.2, -0.15) is 0 Å². The van der Waals surface area contributed by atoms with Crippen molar-refractivity contribution in [3.63, 3.8) is 0 Å². The predicted molar refractivity (Wildman–Crippen MR) is 126 cm³/mol. The van der Waals surface area contributed by atoms with Gasteiger partial charge in [-0.25, -0.2) is 4.79 Å². The molecule has 0 bridgehead atoms. The third kappa shape index (κ3) is 4.15. The summed E-state index contributed by atoms with van der Waals surface area (Å²) in [6, 6.07) is 16.1. The second kappa shape index (κ2) is 8.78. The van der Waals surface area contributed by atoms with Crippen molar-refractivity contribution < 1.29 is 24.2 Å². The summed E-state index contributed by atoms with van der Waals surface area (Å²) in [6.45, 7) is 1.93. The Kier molecular flexibility index (Phi) is 5.80. The van der Waals surface area contributed by atoms with E-state index in [9.17, 15) is 19.5 Å². The molecule has 0 aliphatic heterocycles. The van der Waals surface area contributed by atoms with Gasteiger partial charge < -0.3 is 20.5 Å². The van der Waals surface area contributed by atoms with Gasteiger partial charge in [0.2, 0.25) is 5.91 Å². The van der Waals surface area contributed by atoms with Crippen LogP contribution < -0.4 is 10.6 Å². The van der Waals surface area contributed by atoms with Gasteiger partial charge in [0, 0.05) is 12.0 Å². The molecule has 2 saturated carbocycles. The van der Waals surface area contributed by atoms with Crippen LogP contribution in [0.2, 0.25) is 0 Å². The minimum Gasteiger partial charge on any atom is -0.481 e. The average molecular weight is 463 g/mol. The molecule has 2 fully saturated rings. The number of fused-ring (bicyclic) bond motifs is 3. The highest BCUT2D eigenvalue weighted by atomic mass is 16.5. The van der Waals surface area contributed by atoms with Crippen molar-refractivity contribution in [1.29, 1.82) is 0 Å². The molecule has 3 aliphatic carbocycles. The van der Waals surface area contributed by atoms with Gasteiger partial charge in [0.1, 0.15) is 12.1 Å². The quantitative estimate of drug-likeness (QED) is 0.576. The average Bonchev–Trinajstić information content (AvgIpc) is 3.51. The third-order valence-electron chi connectivity index (χ3n) is 7.69. The minimum absolute atomic E-state index is 0.0460. The Morgan fingerprint density at radius 1 is 0.971 bits per heavy atom. The Labute approximate surface area is 198 Å². The molecular formula is C27H30N2O5. The molecule has 2 aromatic rings. The topological polar surface area (TPSA) is 105 Å². The lowest BCUT2D eigenvalue weighted by atomic mass is 9.94. The van der Waals surface area contributed by atoms with Crippen molar-refractivity contribution in [2.75, 3.05) is 6.61 Å². The normalized spacial score (nSPS) is 22.9. The number of benzene rings is 2. The number of alkyl carbamates (subject to hydrolysis) is 1. The van der Waals surface area contributed by atoms with Gasteiger partial charge in [-0.05, 0) is 67.2 Å². The van der Waals surface area contributed by atoms with E-state index in [4.69, 9.17) is 4.74 Å². The van der Waals surface area contributed by atoms with Gasteiger partial charge in [-0.15, -0.1) is 0 Å². The molecule has 0 saturated heterocycles. The Balaban J connectivity index is 1.23. The number of carboxylic acid groups (broad SMARTS) is 1. The maximum Gasteiger partial charge on any atom is 0.408 e. The molecule has 3 aliphatic rings. The van der Waals surface area contributed by atoms with Crippen LogP contribution in [0.1, 0.15) is 56.1 Å². The van der Waals surface area contributed by atoms with Crippen LogP contribution in [0.5, 0.6) is 0 Å². The first-order chi connectivity index (χ1) is 16.4. The summed E-state index contributed by atoms with van der Waals surface area (Å²) in [5.41, 5.74) is 3.50. The first kappa shape index (κ1) is 22.4. The SMILES string of the molecule is CC(NC(=O)OCC1c2ccccc2-c2ccccc21)(C(=O)N[C@H]1CC[C@@H](C(=O)O)C1)C1CC1. The fourth-order valence-corrected chi connectivity index (χ4v) is 5.52. The second-order valence-corrected chi connectivity index (χ2v) is 9.95. The largest absolute Gasteiger partial charge is 0.481 e. The van der Waals surface area contributed by atoms with Crippen LogP contribution in [0.4, 0.5) is 4.79 Å². The number of nitrogens with one attached hydrogen (secondary N) is 2. The number of aliphatic carboxylic acids is 1. The van der Waals surface area contributed by atoms with Crippen LogP contribution in [0.15, 0.2) is 48.5 Å². The van der Waals surface area contributed by atoms with E-state index in [1.54, 1.807) is 6.92 Å². The molecule has 3 N–H and O–H groups in total. The van der Waals surface area contributed by atoms with E-state index >= 15 is 0 Å². The Morgan fingerprint density at radius 2 is 1.59 bits per heavy atom. The van der Waals surface area contributed by atoms with Crippen LogP contribution in [0, 0.1) is 11.8 Å². The van der Waals surface area contributed by atoms with Crippen molar-refractivity contribution in [2.45, 2.75) is 56.5 Å². The van der Waals surface area contributed by atoms with Gasteiger partial charge in [0.15, 0.2) is 0 Å². The summed E-state index contributed by atoms with van der Waals surface area (Å²) in [7, 11) is 0. The van der Waals surface area contributed by atoms with Crippen LogP contribution in [0.25, 0.3) is 11.1 Å². The molecule has 34 heavy (non-hydrogen) atoms. The smallest absolute Gasteiger partial charge is 0.408 e. The number of ether oxygens (including phenoxy) is 1. The fraction of sp³-hybridized carbons (Fsp3) is 0.444. The monoisotopic (exact) mass is 462 g/mol. The molecule has 178 valence electrons. The number of amides is 2. The van der Waals surface area contributed by atoms with E-state index in [0.29, 0.717) is 19.3 Å². The third-order valence-corrected chi connectivity index (χ3v) is 7.69. The molecule has 5 rings (SSSR count). The number of hydrogen-bond donors (Lipinski definition) is 3. The van der Waals surface area contributed by atoms with Crippen LogP contribution in [-0.2, 0) is 14.3 Å². The lowest BCUT2D eigenvalue weighted by molar-refractivity contribution is -0.141. The number of hydrogen-bond acceptors (Lipinski definition) is 4. The number of rotatable bonds is 7. The number of carboxylic acids is 1. The highest BCUT2D eigenvalue weighted by Gasteiger charge is 2.49. The summed E-state index contributed by atoms with van der Waals surface area (Å²) in [5, 5.41) is 15.1. The van der Waals surface area contributed by atoms with Crippen LogP contribution >= 0.6 is 0 Å². The number of carbonyl (C=O) groups excluding carboxylic acids is 2. The van der Waals surface area contributed by atoms with Crippen molar-refractivity contribution in [3.8, 4) is 11.1 Å². The minimum atomic E-state index is -1.08. The van der Waals surface area contributed by atoms with Crippen LogP contribution in [-0.4, -0.2) is 41.3 Å². The molecule has 0 aromatic heterocycles. The van der Waals surface area contributed by atoms with Gasteiger partial charge in [-0.1, -0.05) is 48.5 Å². The molecule has 2 amide bonds. The summed E-state index contributed by atoms with van der Waals surface area (Å²) in [5.74, 6) is -1.51. The van der Waals surface area contributed by atoms with E-state index in [1.807, 2.05) is 24.3 Å². The zero-order valence-corrected chi connectivity index (χ0v) is 19.3. The van der Waals surface area contributed by atoms with E-state index in [0.717, 1.165) is 35.1 Å². The zero-order chi connectivity index (χ0) is 23.9. The van der Waals surface area contributed by atoms with Gasteiger partial charge in [0.25, 0.3) is 0 Å². The van der Waals surface area contributed by atoms with E-state index in [1.165, 1.54) is 0 Å². The maximum atomic E-state index is 13.2. The number of carbonyl (C=O) groups is 3. The highest BCUT2D eigenvalue weighted by Crippen LogP contribution is 2.45. The lowest BCUT2D eigenvalue weighted by Crippen LogP contribution is -2.60. The van der Waals surface area contributed by atoms with Crippen molar-refractivity contribution >= 4 is 18.0 Å². The van der Waals surface area contributed by atoms with Crippen molar-refractivity contribution in [3.05, 3.63) is 59.7 Å². The predicted octanol–water partition coefficient (Wildman–Crippen LogP) is 4.06. The summed E-state index contributed by atoms with van der Waals surface area (Å²) >= 11 is 0. The van der Waals surface area contributed by atoms with Gasteiger partial charge in [-0.3, -0.25) is 9.59 Å². The summed E-state index contributed by atoms with van der Waals surface area (Å²) in [6.07, 6.45) is 2.72. The molecule has 0 heterocycles. The highest BCUT2D eigenvalue weighted by molar-refractivity contribution is 5.90. The maximum absolute atomic E-state index is 13.2. The summed E-state index contributed by atoms with van der Waals surface area (Å²) in [4.78, 5) is 37.3. The Hall–Kier alpha value is -3.35. The molecule has 7 nitrogen and oxygen atoms in total. The van der Waals surface area contributed by atoms with Gasteiger partial charge >= 0.3 is 12.1 Å². The first-order valence-corrected chi connectivity index (χ1v) is 12.0. The fourth-order valence-electron chi connectivity index (χ4n) is 5.52. The molecule has 1 unspecified atom stereocenters. The molecule has 0 spiro atoms. The first-order valence-electron chi connectivity index (χ1n) is 12.0. The van der Waals surface area contributed by atoms with Crippen LogP contribution in [0.3, 0.4) is 0 Å². The van der Waals surface area contributed by atoms with Crippen molar-refractivity contribution in [1.82, 2.24) is 10.6 Å². The van der Waals surface area contributed by atoms with Gasteiger partial charge in [0.05, 0.1) is 5.92 Å². The van der Waals surface area contributed by atoms with E-state index < -0.39 is 23.5 Å². The standard InChI is InChI=1S/C27H30N2O5/c1-27(17-11-12-17,25(32)28-18-13-10-16(14-18)24(30)31)29-26(33)34-15-23-21-8-4-2-6-19(21)20-7-3-5-9-22(20)23/h2-9,16-18,23H,10-15H2,1H3,(H,28,32)(H,29,33)(H,30,31)/t16-,18+,27?/m1/s1. The molecule has 7 heteroatoms. The molecular weight excluding hydrogens is 432 g/mol. The Bertz CT molecular complexity index is 1080. The van der Waals surface area contributed by atoms with E-state index in [2.05, 4.69) is 34.9 Å². The lowest BCUT2D eigenvalue weighted by Gasteiger charge is -2.31. The second-order valence-electron chi connectivity index (χ2n) is 9.95. The summed E-state index contributed by atoms with van der Waals surface area (Å²) < 4.78 is 5.67. The van der Waals surface area contributed by atoms with E-state index in [-0.39, 0.29) is 30.4 Å². The molecule has 3 atom stereocenters. The van der Waals surface area contributed by atoms with Crippen molar-refractivity contribution in [2.24, 2.45) is 11.8 Å².